The number of nitrogens with zero attached hydrogens (tertiary/aromatic N) is 3. The summed E-state index contributed by atoms with van der Waals surface area (Å²) in [6.45, 7) is 4.86. The lowest BCUT2D eigenvalue weighted by molar-refractivity contribution is -0.114. The van der Waals surface area contributed by atoms with Crippen LogP contribution in [0.25, 0.3) is 5.69 Å². The van der Waals surface area contributed by atoms with Crippen molar-refractivity contribution in [2.45, 2.75) is 44.2 Å². The van der Waals surface area contributed by atoms with Crippen molar-refractivity contribution in [3.63, 3.8) is 0 Å². The fraction of sp³-hybridized carbons (Fsp3) is 0.375. The van der Waals surface area contributed by atoms with Crippen LogP contribution in [0.15, 0.2) is 53.7 Å². The van der Waals surface area contributed by atoms with Crippen LogP contribution in [0.4, 0.5) is 5.69 Å². The van der Waals surface area contributed by atoms with Crippen molar-refractivity contribution in [1.29, 1.82) is 0 Å². The number of hydrogen-bond acceptors (Lipinski definition) is 6. The number of benzene rings is 2. The molecule has 1 aliphatic rings. The minimum atomic E-state index is -0.0926. The highest BCUT2D eigenvalue weighted by Crippen LogP contribution is 2.41. The Balaban J connectivity index is 1.40. The van der Waals surface area contributed by atoms with E-state index in [1.54, 1.807) is 11.8 Å². The van der Waals surface area contributed by atoms with E-state index < -0.39 is 0 Å². The summed E-state index contributed by atoms with van der Waals surface area (Å²) >= 11 is 1.61. The summed E-state index contributed by atoms with van der Waals surface area (Å²) in [5, 5.41) is 12.6. The van der Waals surface area contributed by atoms with Gasteiger partial charge in [0.1, 0.15) is 17.3 Å². The summed E-state index contributed by atoms with van der Waals surface area (Å²) in [4.78, 5) is 11.5. The Morgan fingerprint density at radius 3 is 2.47 bits per heavy atom. The molecule has 0 aliphatic heterocycles. The third kappa shape index (κ3) is 5.82. The molecule has 4 rings (SSSR count). The van der Waals surface area contributed by atoms with Crippen LogP contribution in [0, 0.1) is 0 Å². The van der Waals surface area contributed by atoms with Crippen LogP contribution in [0.3, 0.4) is 0 Å². The monoisotopic (exact) mass is 452 g/mol. The van der Waals surface area contributed by atoms with Crippen LogP contribution in [0.1, 0.15) is 44.9 Å². The maximum atomic E-state index is 11.5. The third-order valence-corrected chi connectivity index (χ3v) is 5.80. The van der Waals surface area contributed by atoms with Crippen molar-refractivity contribution >= 4 is 23.4 Å². The Bertz CT molecular complexity index is 1050. The van der Waals surface area contributed by atoms with Gasteiger partial charge in [0.15, 0.2) is 5.16 Å². The highest BCUT2D eigenvalue weighted by atomic mass is 32.2. The maximum absolute atomic E-state index is 11.5. The molecule has 1 aliphatic carbocycles. The van der Waals surface area contributed by atoms with E-state index in [4.69, 9.17) is 9.47 Å². The summed E-state index contributed by atoms with van der Waals surface area (Å²) in [7, 11) is 0. The second kappa shape index (κ2) is 10.5. The van der Waals surface area contributed by atoms with Crippen molar-refractivity contribution < 1.29 is 14.3 Å². The number of carbonyl (C=O) groups is 1. The Hall–Kier alpha value is -3.00. The Labute approximate surface area is 192 Å². The summed E-state index contributed by atoms with van der Waals surface area (Å²) in [5.74, 6) is 3.75. The largest absolute Gasteiger partial charge is 0.494 e. The zero-order valence-corrected chi connectivity index (χ0v) is 19.2. The number of thioether (sulfide) groups is 1. The van der Waals surface area contributed by atoms with Crippen LogP contribution >= 0.6 is 11.8 Å². The predicted molar refractivity (Wildman–Crippen MR) is 126 cm³/mol. The number of rotatable bonds is 11. The van der Waals surface area contributed by atoms with Crippen molar-refractivity contribution in [2.75, 3.05) is 24.3 Å². The molecule has 0 bridgehead atoms. The van der Waals surface area contributed by atoms with Crippen LogP contribution in [0.5, 0.6) is 11.5 Å². The molecule has 0 spiro atoms. The molecule has 0 atom stereocenters. The maximum Gasteiger partial charge on any atom is 0.221 e. The summed E-state index contributed by atoms with van der Waals surface area (Å²) in [5.41, 5.74) is 1.71. The zero-order valence-electron chi connectivity index (χ0n) is 18.4. The zero-order chi connectivity index (χ0) is 22.3. The first kappa shape index (κ1) is 22.2. The number of nitrogens with one attached hydrogen (secondary N) is 1. The first-order valence-electron chi connectivity index (χ1n) is 11.0. The van der Waals surface area contributed by atoms with Gasteiger partial charge in [-0.15, -0.1) is 10.2 Å². The van der Waals surface area contributed by atoms with Gasteiger partial charge in [-0.3, -0.25) is 9.36 Å². The van der Waals surface area contributed by atoms with Crippen LogP contribution in [0.2, 0.25) is 0 Å². The van der Waals surface area contributed by atoms with Gasteiger partial charge in [0, 0.05) is 24.3 Å². The van der Waals surface area contributed by atoms with Gasteiger partial charge in [0.05, 0.1) is 18.9 Å². The molecule has 7 nitrogen and oxygen atoms in total. The summed E-state index contributed by atoms with van der Waals surface area (Å²) < 4.78 is 13.6. The first-order chi connectivity index (χ1) is 15.6. The molecule has 2 aromatic carbocycles. The van der Waals surface area contributed by atoms with Gasteiger partial charge in [-0.1, -0.05) is 24.8 Å². The number of carbonyl (C=O) groups excluding carboxylic acids is 1. The number of aromatic nitrogens is 3. The van der Waals surface area contributed by atoms with E-state index in [-0.39, 0.29) is 5.91 Å². The van der Waals surface area contributed by atoms with E-state index in [0.29, 0.717) is 19.1 Å². The van der Waals surface area contributed by atoms with Gasteiger partial charge in [-0.05, 0) is 61.7 Å². The lowest BCUT2D eigenvalue weighted by atomic mass is 10.2. The fourth-order valence-corrected chi connectivity index (χ4v) is 4.07. The van der Waals surface area contributed by atoms with Gasteiger partial charge in [-0.25, -0.2) is 0 Å². The molecule has 1 heterocycles. The minimum Gasteiger partial charge on any atom is -0.494 e. The molecule has 1 N–H and O–H groups in total. The average molecular weight is 453 g/mol. The normalized spacial score (nSPS) is 13.1. The molecular formula is C24H28N4O3S. The van der Waals surface area contributed by atoms with Crippen molar-refractivity contribution in [3.05, 3.63) is 54.4 Å². The van der Waals surface area contributed by atoms with E-state index in [1.807, 2.05) is 48.5 Å². The van der Waals surface area contributed by atoms with Gasteiger partial charge in [-0.2, -0.15) is 0 Å². The van der Waals surface area contributed by atoms with Crippen LogP contribution in [-0.2, 0) is 4.79 Å². The quantitative estimate of drug-likeness (QED) is 0.324. The SMILES string of the molecule is CCCOc1ccc(OCCSc2nnc(C3CC3)n2-c2cccc(NC(C)=O)c2)cc1. The first-order valence-corrected chi connectivity index (χ1v) is 11.9. The second-order valence-electron chi connectivity index (χ2n) is 7.70. The van der Waals surface area contributed by atoms with Gasteiger partial charge in [0.2, 0.25) is 5.91 Å². The highest BCUT2D eigenvalue weighted by Gasteiger charge is 2.31. The molecule has 3 aromatic rings. The molecule has 1 aromatic heterocycles. The summed E-state index contributed by atoms with van der Waals surface area (Å²) in [6.07, 6.45) is 3.25. The summed E-state index contributed by atoms with van der Waals surface area (Å²) in [6, 6.07) is 15.5. The third-order valence-electron chi connectivity index (χ3n) is 4.91. The topological polar surface area (TPSA) is 78.3 Å². The number of ether oxygens (including phenoxy) is 2. The molecular weight excluding hydrogens is 424 g/mol. The van der Waals surface area contributed by atoms with E-state index >= 15 is 0 Å². The van der Waals surface area contributed by atoms with Gasteiger partial charge >= 0.3 is 0 Å². The molecule has 0 unspecified atom stereocenters. The van der Waals surface area contributed by atoms with E-state index in [9.17, 15) is 4.79 Å². The minimum absolute atomic E-state index is 0.0926. The molecule has 1 amide bonds. The molecule has 1 fully saturated rings. The van der Waals surface area contributed by atoms with Crippen molar-refractivity contribution in [1.82, 2.24) is 14.8 Å². The lowest BCUT2D eigenvalue weighted by Crippen LogP contribution is -2.08. The number of hydrogen-bond donors (Lipinski definition) is 1. The smallest absolute Gasteiger partial charge is 0.221 e. The predicted octanol–water partition coefficient (Wildman–Crippen LogP) is 5.06. The van der Waals surface area contributed by atoms with E-state index in [2.05, 4.69) is 27.0 Å². The van der Waals surface area contributed by atoms with Crippen LogP contribution in [-0.4, -0.2) is 39.6 Å². The van der Waals surface area contributed by atoms with E-state index in [1.165, 1.54) is 6.92 Å². The number of anilines is 1. The molecule has 8 heteroatoms. The van der Waals surface area contributed by atoms with E-state index in [0.717, 1.165) is 58.9 Å². The second-order valence-corrected chi connectivity index (χ2v) is 8.76. The molecule has 168 valence electrons. The Morgan fingerprint density at radius 1 is 1.09 bits per heavy atom. The fourth-order valence-electron chi connectivity index (χ4n) is 3.29. The molecule has 1 saturated carbocycles. The average Bonchev–Trinajstić information content (AvgIpc) is 3.55. The van der Waals surface area contributed by atoms with Crippen molar-refractivity contribution in [2.24, 2.45) is 0 Å². The standard InChI is InChI=1S/C24H28N4O3S/c1-3-13-30-21-9-11-22(12-10-21)31-14-15-32-24-27-26-23(18-7-8-18)28(24)20-6-4-5-19(16-20)25-17(2)29/h4-6,9-12,16,18H,3,7-8,13-15H2,1-2H3,(H,25,29). The van der Waals surface area contributed by atoms with Gasteiger partial charge in [0.25, 0.3) is 0 Å². The molecule has 32 heavy (non-hydrogen) atoms. The molecule has 0 saturated heterocycles. The number of amides is 1. The van der Waals surface area contributed by atoms with Gasteiger partial charge < -0.3 is 14.8 Å². The lowest BCUT2D eigenvalue weighted by Gasteiger charge is -2.12. The Kier molecular flexibility index (Phi) is 7.32. The highest BCUT2D eigenvalue weighted by molar-refractivity contribution is 7.99. The Morgan fingerprint density at radius 2 is 1.81 bits per heavy atom. The molecule has 0 radical (unpaired) electrons. The van der Waals surface area contributed by atoms with Crippen molar-refractivity contribution in [3.8, 4) is 17.2 Å². The van der Waals surface area contributed by atoms with Crippen LogP contribution < -0.4 is 14.8 Å².